The number of ketones is 2. The van der Waals surface area contributed by atoms with E-state index in [1.807, 2.05) is 66.7 Å². The van der Waals surface area contributed by atoms with Gasteiger partial charge in [-0.15, -0.1) is 11.8 Å². The molecule has 292 valence electrons. The molecule has 5 rings (SSSR count). The van der Waals surface area contributed by atoms with Gasteiger partial charge in [-0.2, -0.15) is 0 Å². The van der Waals surface area contributed by atoms with Gasteiger partial charge in [-0.25, -0.2) is 0 Å². The number of thioether (sulfide) groups is 1. The van der Waals surface area contributed by atoms with Crippen LogP contribution in [-0.2, 0) is 20.4 Å². The van der Waals surface area contributed by atoms with E-state index in [1.165, 1.54) is 22.2 Å². The fourth-order valence-electron chi connectivity index (χ4n) is 8.10. The normalized spacial score (nSPS) is 23.1. The number of nitrogens with zero attached hydrogens (tertiary/aromatic N) is 1. The van der Waals surface area contributed by atoms with Crippen molar-refractivity contribution in [2.45, 2.75) is 84.0 Å². The molecule has 2 amide bonds. The number of hydrogen-bond acceptors (Lipinski definition) is 6. The van der Waals surface area contributed by atoms with E-state index in [4.69, 9.17) is 4.43 Å². The molecule has 9 heteroatoms. The first-order valence-electron chi connectivity index (χ1n) is 19.6. The lowest BCUT2D eigenvalue weighted by molar-refractivity contribution is -0.146. The van der Waals surface area contributed by atoms with Gasteiger partial charge in [0.25, 0.3) is 5.91 Å². The summed E-state index contributed by atoms with van der Waals surface area (Å²) >= 11 is 1.25. The number of fused-ring (bicyclic) bond motifs is 1. The van der Waals surface area contributed by atoms with Crippen molar-refractivity contribution in [3.8, 4) is 0 Å². The van der Waals surface area contributed by atoms with Crippen LogP contribution in [0.4, 0.5) is 0 Å². The Morgan fingerprint density at radius 2 is 1.40 bits per heavy atom. The molecule has 0 saturated carbocycles. The molecular formula is C46H59NO5SSi2. The number of Topliss-reactive ketones (excluding diaryl/α,β-unsaturated/α-hetero) is 2. The summed E-state index contributed by atoms with van der Waals surface area (Å²) in [6, 6.07) is 28.3. The van der Waals surface area contributed by atoms with Gasteiger partial charge in [0.2, 0.25) is 5.91 Å². The lowest BCUT2D eigenvalue weighted by Crippen LogP contribution is -2.53. The van der Waals surface area contributed by atoms with Crippen molar-refractivity contribution in [2.24, 2.45) is 23.2 Å². The van der Waals surface area contributed by atoms with Crippen LogP contribution in [0, 0.1) is 23.2 Å². The van der Waals surface area contributed by atoms with E-state index in [9.17, 15) is 9.59 Å². The van der Waals surface area contributed by atoms with E-state index in [0.717, 1.165) is 11.6 Å². The molecule has 1 saturated heterocycles. The second kappa shape index (κ2) is 17.2. The van der Waals surface area contributed by atoms with E-state index < -0.39 is 45.6 Å². The quantitative estimate of drug-likeness (QED) is 0.0501. The van der Waals surface area contributed by atoms with Crippen molar-refractivity contribution < 1.29 is 23.6 Å². The summed E-state index contributed by atoms with van der Waals surface area (Å²) in [6.45, 7) is 20.6. The van der Waals surface area contributed by atoms with Crippen LogP contribution in [0.15, 0.2) is 115 Å². The maximum atomic E-state index is 15.6. The number of carbonyl (C=O) groups is 4. The van der Waals surface area contributed by atoms with Crippen molar-refractivity contribution >= 4 is 51.5 Å². The zero-order chi connectivity index (χ0) is 40.2. The van der Waals surface area contributed by atoms with Gasteiger partial charge < -0.3 is 4.43 Å². The number of hydrogen-bond donors (Lipinski definition) is 0. The Hall–Kier alpha value is -3.64. The minimum atomic E-state index is -2.09. The van der Waals surface area contributed by atoms with Crippen molar-refractivity contribution in [3.05, 3.63) is 131 Å². The molecule has 55 heavy (non-hydrogen) atoms. The highest BCUT2D eigenvalue weighted by Crippen LogP contribution is 2.58. The van der Waals surface area contributed by atoms with Crippen LogP contribution in [-0.4, -0.2) is 68.8 Å². The smallest absolute Gasteiger partial charge is 0.260 e. The summed E-state index contributed by atoms with van der Waals surface area (Å²) in [5.74, 6) is -2.28. The summed E-state index contributed by atoms with van der Waals surface area (Å²) < 4.78 is 6.56. The molecule has 1 heterocycles. The number of imide groups is 1. The number of allylic oxidation sites excluding steroid dienone is 3. The molecule has 3 aromatic carbocycles. The molecule has 3 aromatic rings. The SMILES string of the molecule is C[C@@H]1C(C[Si](C)(C)C)=C[C@H](/C=C/CO[Si](C)(C)C(C)(C)C)C2(C(=O)CSCC(=O)c3ccccc3)C(=O)N(C(=O)c3ccccc3)C(Cc3ccccc3)C12. The monoisotopic (exact) mass is 793 g/mol. The molecule has 3 unspecified atom stereocenters. The van der Waals surface area contributed by atoms with Gasteiger partial charge in [-0.05, 0) is 54.2 Å². The third kappa shape index (κ3) is 9.33. The maximum Gasteiger partial charge on any atom is 0.260 e. The molecule has 1 fully saturated rings. The van der Waals surface area contributed by atoms with Crippen molar-refractivity contribution in [1.82, 2.24) is 4.90 Å². The molecule has 0 radical (unpaired) electrons. The van der Waals surface area contributed by atoms with Crippen LogP contribution in [0.2, 0.25) is 43.8 Å². The summed E-state index contributed by atoms with van der Waals surface area (Å²) in [7, 11) is -3.76. The van der Waals surface area contributed by atoms with Crippen LogP contribution in [0.5, 0.6) is 0 Å². The Bertz CT molecular complexity index is 1900. The highest BCUT2D eigenvalue weighted by molar-refractivity contribution is 8.00. The topological polar surface area (TPSA) is 80.8 Å². The zero-order valence-electron chi connectivity index (χ0n) is 34.1. The Morgan fingerprint density at radius 3 is 1.96 bits per heavy atom. The molecule has 0 N–H and O–H groups in total. The number of carbonyl (C=O) groups excluding carboxylic acids is 4. The van der Waals surface area contributed by atoms with E-state index in [2.05, 4.69) is 66.5 Å². The predicted octanol–water partition coefficient (Wildman–Crippen LogP) is 10.2. The van der Waals surface area contributed by atoms with Gasteiger partial charge >= 0.3 is 0 Å². The van der Waals surface area contributed by atoms with Gasteiger partial charge in [0.05, 0.1) is 18.1 Å². The molecule has 1 aliphatic carbocycles. The lowest BCUT2D eigenvalue weighted by atomic mass is 9.55. The molecule has 5 atom stereocenters. The number of likely N-dealkylation sites (tertiary alicyclic amines) is 1. The van der Waals surface area contributed by atoms with Crippen LogP contribution in [0.1, 0.15) is 54.0 Å². The van der Waals surface area contributed by atoms with E-state index >= 15 is 9.59 Å². The van der Waals surface area contributed by atoms with Crippen LogP contribution >= 0.6 is 11.8 Å². The highest BCUT2D eigenvalue weighted by Gasteiger charge is 2.69. The Balaban J connectivity index is 1.66. The second-order valence-corrected chi connectivity index (χ2v) is 29.3. The van der Waals surface area contributed by atoms with Crippen molar-refractivity contribution in [1.29, 1.82) is 0 Å². The second-order valence-electron chi connectivity index (χ2n) is 18.0. The van der Waals surface area contributed by atoms with E-state index in [1.54, 1.807) is 36.4 Å². The van der Waals surface area contributed by atoms with Crippen molar-refractivity contribution in [3.63, 3.8) is 0 Å². The van der Waals surface area contributed by atoms with Crippen LogP contribution in [0.3, 0.4) is 0 Å². The van der Waals surface area contributed by atoms with Gasteiger partial charge in [0, 0.05) is 37.1 Å². The number of benzene rings is 3. The van der Waals surface area contributed by atoms with Gasteiger partial charge in [-0.3, -0.25) is 24.1 Å². The standard InChI is InChI=1S/C46H59NO5SSi2/c1-33-37(32-54(5,6)7)29-38(26-19-27-52-55(8,9)45(2,3)4)46(41(49)31-53-30-40(48)35-22-15-11-16-23-35)42(33)39(28-34-20-13-10-14-21-34)47(44(46)51)43(50)36-24-17-12-18-25-36/h10-26,29,33,38-39,42H,27-28,30-32H2,1-9H3/b26-19+/t33-,38+,39?,42?,46?/m1/s1. The van der Waals surface area contributed by atoms with Gasteiger partial charge in [0.15, 0.2) is 19.9 Å². The molecule has 2 aliphatic rings. The van der Waals surface area contributed by atoms with E-state index in [0.29, 0.717) is 24.2 Å². The van der Waals surface area contributed by atoms with E-state index in [-0.39, 0.29) is 39.9 Å². The average molecular weight is 794 g/mol. The van der Waals surface area contributed by atoms with Gasteiger partial charge in [-0.1, -0.05) is 150 Å². The Labute approximate surface area is 335 Å². The minimum Gasteiger partial charge on any atom is -0.413 e. The molecular weight excluding hydrogens is 735 g/mol. The lowest BCUT2D eigenvalue weighted by Gasteiger charge is -2.46. The highest BCUT2D eigenvalue weighted by atomic mass is 32.2. The molecule has 0 aromatic heterocycles. The Morgan fingerprint density at radius 1 is 0.836 bits per heavy atom. The molecule has 0 spiro atoms. The summed E-state index contributed by atoms with van der Waals surface area (Å²) in [5, 5.41) is 0.0204. The summed E-state index contributed by atoms with van der Waals surface area (Å²) in [6.07, 6.45) is 6.62. The number of amides is 2. The Kier molecular flexibility index (Phi) is 13.3. The van der Waals surface area contributed by atoms with Gasteiger partial charge in [0.1, 0.15) is 5.41 Å². The average Bonchev–Trinajstić information content (AvgIpc) is 3.40. The fourth-order valence-corrected chi connectivity index (χ4v) is 11.6. The maximum absolute atomic E-state index is 15.6. The third-order valence-corrected chi connectivity index (χ3v) is 18.8. The fraction of sp³-hybridized carbons (Fsp3) is 0.435. The van der Waals surface area contributed by atoms with Crippen LogP contribution in [0.25, 0.3) is 0 Å². The largest absolute Gasteiger partial charge is 0.413 e. The number of rotatable bonds is 15. The summed E-state index contributed by atoms with van der Waals surface area (Å²) in [4.78, 5) is 60.3. The third-order valence-electron chi connectivity index (χ3n) is 11.9. The van der Waals surface area contributed by atoms with Crippen LogP contribution < -0.4 is 0 Å². The first kappa shape index (κ1) is 42.5. The van der Waals surface area contributed by atoms with Crippen molar-refractivity contribution in [2.75, 3.05) is 18.1 Å². The molecule has 1 aliphatic heterocycles. The predicted molar refractivity (Wildman–Crippen MR) is 232 cm³/mol. The molecule has 6 nitrogen and oxygen atoms in total. The minimum absolute atomic E-state index is 0.0204. The first-order valence-corrected chi connectivity index (χ1v) is 27.3. The zero-order valence-corrected chi connectivity index (χ0v) is 37.0. The molecule has 0 bridgehead atoms. The first-order chi connectivity index (χ1) is 25.9. The summed E-state index contributed by atoms with van der Waals surface area (Å²) in [5.41, 5.74) is 1.70.